The summed E-state index contributed by atoms with van der Waals surface area (Å²) in [4.78, 5) is 124. The van der Waals surface area contributed by atoms with Crippen molar-refractivity contribution < 1.29 is 43.5 Å². The molecule has 2 aromatic heterocycles. The zero-order chi connectivity index (χ0) is 53.6. The minimum atomic E-state index is -1.70. The minimum absolute atomic E-state index is 0.0161. The molecular weight excluding hydrogens is 955 g/mol. The topological polar surface area (TPSA) is 388 Å². The van der Waals surface area contributed by atoms with Crippen LogP contribution in [-0.4, -0.2) is 135 Å². The number of fused-ring (bicyclic) bond motifs is 1. The minimum Gasteiger partial charge on any atom is -0.376 e. The van der Waals surface area contributed by atoms with E-state index in [-0.39, 0.29) is 83.3 Å². The maximum Gasteiger partial charge on any atom is 0.243 e. The Bertz CT molecular complexity index is 2530. The van der Waals surface area contributed by atoms with E-state index in [1.807, 2.05) is 31.2 Å². The zero-order valence-corrected chi connectivity index (χ0v) is 41.8. The van der Waals surface area contributed by atoms with Crippen LogP contribution in [0.15, 0.2) is 78.3 Å². The number of nitrogens with one attached hydrogen (secondary N) is 10. The molecule has 2 aromatic carbocycles. The van der Waals surface area contributed by atoms with Gasteiger partial charge in [-0.05, 0) is 62.1 Å². The first-order valence-electron chi connectivity index (χ1n) is 24.9. The number of benzene rings is 2. The predicted molar refractivity (Wildman–Crippen MR) is 275 cm³/mol. The molecule has 8 atom stereocenters. The number of aliphatic hydroxyl groups excluding tert-OH is 1. The van der Waals surface area contributed by atoms with Gasteiger partial charge in [0.2, 0.25) is 47.3 Å². The molecule has 0 bridgehead atoms. The van der Waals surface area contributed by atoms with Crippen LogP contribution in [0.4, 0.5) is 0 Å². The maximum atomic E-state index is 14.7. The lowest BCUT2D eigenvalue weighted by atomic mass is 10.0. The fourth-order valence-corrected chi connectivity index (χ4v) is 8.52. The van der Waals surface area contributed by atoms with E-state index in [9.17, 15) is 43.5 Å². The number of rotatable bonds is 17. The summed E-state index contributed by atoms with van der Waals surface area (Å²) in [7, 11) is 0. The third-order valence-corrected chi connectivity index (χ3v) is 12.5. The molecule has 17 N–H and O–H groups in total. The van der Waals surface area contributed by atoms with Gasteiger partial charge in [-0.15, -0.1) is 0 Å². The molecule has 0 radical (unpaired) electrons. The highest BCUT2D eigenvalue weighted by atomic mass is 16.3. The summed E-state index contributed by atoms with van der Waals surface area (Å²) in [5, 5.41) is 35.0. The molecule has 1 fully saturated rings. The summed E-state index contributed by atoms with van der Waals surface area (Å²) in [6.45, 7) is 3.28. The SMILES string of the molecule is CCCCC(NC(C)=O)C(=O)N[C@H]1CCC(=O)NCCC[C@@H](C(N)=O)NC(=O)[C@H](Cc2c[nH]c3ccccc23)NC(=O)[C@H](CCCN=C(N)N)NC(=O)[C@@H](Cc2ccccc2)NC(O)[C@H](Cc2cnc[nH]2)NC1=O. The van der Waals surface area contributed by atoms with Crippen molar-refractivity contribution in [2.75, 3.05) is 13.1 Å². The van der Waals surface area contributed by atoms with Crippen molar-refractivity contribution in [3.8, 4) is 0 Å². The van der Waals surface area contributed by atoms with E-state index in [0.29, 0.717) is 29.7 Å². The number of primary amides is 1. The summed E-state index contributed by atoms with van der Waals surface area (Å²) in [6, 6.07) is 7.41. The van der Waals surface area contributed by atoms with Crippen LogP contribution in [0.1, 0.15) is 88.5 Å². The molecule has 4 aromatic rings. The summed E-state index contributed by atoms with van der Waals surface area (Å²) >= 11 is 0. The molecule has 74 heavy (non-hydrogen) atoms. The molecule has 8 amide bonds. The number of para-hydroxylation sites is 1. The van der Waals surface area contributed by atoms with Gasteiger partial charge in [0, 0.05) is 68.3 Å². The Balaban J connectivity index is 1.55. The third kappa shape index (κ3) is 18.3. The molecular formula is C50H71N15O9. The van der Waals surface area contributed by atoms with Gasteiger partial charge in [0.05, 0.1) is 18.4 Å². The lowest BCUT2D eigenvalue weighted by Gasteiger charge is -2.31. The molecule has 1 aliphatic heterocycles. The number of hydrogen-bond acceptors (Lipinski definition) is 12. The van der Waals surface area contributed by atoms with Gasteiger partial charge in [-0.1, -0.05) is 68.3 Å². The lowest BCUT2D eigenvalue weighted by Crippen LogP contribution is -2.62. The van der Waals surface area contributed by atoms with Gasteiger partial charge in [-0.25, -0.2) is 4.98 Å². The average molecular weight is 1030 g/mol. The second kappa shape index (κ2) is 29.0. The van der Waals surface area contributed by atoms with E-state index in [4.69, 9.17) is 17.2 Å². The number of carbonyl (C=O) groups excluding carboxylic acids is 8. The number of imidazole rings is 1. The van der Waals surface area contributed by atoms with E-state index in [1.165, 1.54) is 19.4 Å². The van der Waals surface area contributed by atoms with Gasteiger partial charge in [0.15, 0.2) is 5.96 Å². The Morgan fingerprint density at radius 1 is 0.824 bits per heavy atom. The monoisotopic (exact) mass is 1030 g/mol. The largest absolute Gasteiger partial charge is 0.376 e. The van der Waals surface area contributed by atoms with Crippen LogP contribution in [0.3, 0.4) is 0 Å². The standard InChI is InChI=1S/C50H71N15O9/c1-3-4-15-36(59-29(2)66)44(69)62-38-19-20-42(67)55-21-10-17-35(43(51)68)60-48(73)40(24-31-26-57-34-16-9-8-14-33(31)34)64-45(70)37(18-11-22-56-50(52)53)61-47(72)39(23-30-12-6-5-7-13-30)63-49(74)41(65-46(38)71)25-32-27-54-28-58-32/h5-9,12-14,16,26-28,35-41,49,57,63,74H,3-4,10-11,15,17-25H2,1-2H3,(H2,51,68)(H,54,58)(H,55,67)(H,59,66)(H,60,73)(H,61,72)(H,62,69)(H,64,70)(H,65,71)(H4,52,53,56)/t35-,36?,37-,38-,39+,40-,41-,49?/m0/s1. The Hall–Kier alpha value is -7.86. The van der Waals surface area contributed by atoms with Gasteiger partial charge >= 0.3 is 0 Å². The Kier molecular flexibility index (Phi) is 22.4. The predicted octanol–water partition coefficient (Wildman–Crippen LogP) is -1.46. The number of aromatic amines is 2. The van der Waals surface area contributed by atoms with Crippen molar-refractivity contribution in [2.24, 2.45) is 22.2 Å². The Labute approximate surface area is 428 Å². The van der Waals surface area contributed by atoms with Crippen molar-refractivity contribution in [1.29, 1.82) is 0 Å². The highest BCUT2D eigenvalue weighted by Gasteiger charge is 2.35. The fraction of sp³-hybridized carbons (Fsp3) is 0.480. The molecule has 24 heteroatoms. The molecule has 0 aliphatic carbocycles. The van der Waals surface area contributed by atoms with E-state index in [2.05, 4.69) is 62.5 Å². The highest BCUT2D eigenvalue weighted by molar-refractivity contribution is 5.96. The van der Waals surface area contributed by atoms with Crippen LogP contribution in [0.2, 0.25) is 0 Å². The maximum absolute atomic E-state index is 14.7. The number of hydrogen-bond donors (Lipinski definition) is 14. The molecule has 400 valence electrons. The number of aromatic nitrogens is 3. The van der Waals surface area contributed by atoms with E-state index in [0.717, 1.165) is 10.9 Å². The first-order valence-corrected chi connectivity index (χ1v) is 24.9. The fourth-order valence-electron chi connectivity index (χ4n) is 8.52. The van der Waals surface area contributed by atoms with Crippen molar-refractivity contribution in [1.82, 2.24) is 57.5 Å². The third-order valence-electron chi connectivity index (χ3n) is 12.5. The van der Waals surface area contributed by atoms with Gasteiger partial charge in [-0.2, -0.15) is 0 Å². The molecule has 1 aliphatic rings. The normalized spacial score (nSPS) is 22.4. The van der Waals surface area contributed by atoms with E-state index >= 15 is 0 Å². The number of nitrogens with zero attached hydrogens (tertiary/aromatic N) is 2. The second-order valence-electron chi connectivity index (χ2n) is 18.3. The summed E-state index contributed by atoms with van der Waals surface area (Å²) in [6.07, 6.45) is 4.08. The second-order valence-corrected chi connectivity index (χ2v) is 18.3. The van der Waals surface area contributed by atoms with Gasteiger partial charge in [0.1, 0.15) is 36.4 Å². The lowest BCUT2D eigenvalue weighted by molar-refractivity contribution is -0.134. The number of nitrogens with two attached hydrogens (primary N) is 3. The Morgan fingerprint density at radius 2 is 1.54 bits per heavy atom. The number of unbranched alkanes of at least 4 members (excludes halogenated alkanes) is 1. The van der Waals surface area contributed by atoms with Gasteiger partial charge in [0.25, 0.3) is 0 Å². The number of H-pyrrole nitrogens is 2. The number of guanidine groups is 1. The molecule has 5 rings (SSSR count). The molecule has 3 heterocycles. The first-order chi connectivity index (χ1) is 35.5. The number of carbonyl (C=O) groups is 8. The van der Waals surface area contributed by atoms with Crippen LogP contribution < -0.4 is 59.7 Å². The quantitative estimate of drug-likeness (QED) is 0.0327. The van der Waals surface area contributed by atoms with Crippen LogP contribution in [0, 0.1) is 0 Å². The van der Waals surface area contributed by atoms with Crippen LogP contribution in [-0.2, 0) is 57.6 Å². The zero-order valence-electron chi connectivity index (χ0n) is 41.8. The number of amides is 8. The molecule has 1 saturated heterocycles. The molecule has 0 saturated carbocycles. The number of aliphatic hydroxyl groups is 1. The summed E-state index contributed by atoms with van der Waals surface area (Å²) < 4.78 is 0. The van der Waals surface area contributed by atoms with Crippen molar-refractivity contribution in [2.45, 2.75) is 139 Å². The number of aliphatic imine (C=N–C) groups is 1. The average Bonchev–Trinajstić information content (AvgIpc) is 4.04. The summed E-state index contributed by atoms with van der Waals surface area (Å²) in [5.41, 5.74) is 19.5. The molecule has 24 nitrogen and oxygen atoms in total. The highest BCUT2D eigenvalue weighted by Crippen LogP contribution is 2.20. The Morgan fingerprint density at radius 3 is 2.24 bits per heavy atom. The van der Waals surface area contributed by atoms with Crippen LogP contribution in [0.25, 0.3) is 10.9 Å². The van der Waals surface area contributed by atoms with Crippen LogP contribution in [0.5, 0.6) is 0 Å². The van der Waals surface area contributed by atoms with Gasteiger partial charge < -0.3 is 69.5 Å². The first kappa shape index (κ1) is 57.0. The van der Waals surface area contributed by atoms with Gasteiger partial charge in [-0.3, -0.25) is 48.7 Å². The van der Waals surface area contributed by atoms with Crippen molar-refractivity contribution in [3.63, 3.8) is 0 Å². The van der Waals surface area contributed by atoms with Crippen molar-refractivity contribution in [3.05, 3.63) is 90.1 Å². The summed E-state index contributed by atoms with van der Waals surface area (Å²) in [5.74, 6) is -5.78. The van der Waals surface area contributed by atoms with E-state index < -0.39 is 95.8 Å². The van der Waals surface area contributed by atoms with Crippen LogP contribution >= 0.6 is 0 Å². The van der Waals surface area contributed by atoms with Crippen molar-refractivity contribution >= 4 is 64.1 Å². The molecule has 2 unspecified atom stereocenters. The molecule has 0 spiro atoms. The van der Waals surface area contributed by atoms with E-state index in [1.54, 1.807) is 36.5 Å². The smallest absolute Gasteiger partial charge is 0.243 e.